The molecule has 1 aromatic carbocycles. The second-order valence-corrected chi connectivity index (χ2v) is 5.73. The Morgan fingerprint density at radius 2 is 2.10 bits per heavy atom. The summed E-state index contributed by atoms with van der Waals surface area (Å²) in [5, 5.41) is 11.0. The van der Waals surface area contributed by atoms with Gasteiger partial charge in [-0.1, -0.05) is 6.08 Å². The highest BCUT2D eigenvalue weighted by atomic mass is 32.2. The molecule has 112 valence electrons. The van der Waals surface area contributed by atoms with Crippen LogP contribution in [0.1, 0.15) is 16.8 Å². The van der Waals surface area contributed by atoms with Crippen LogP contribution in [0, 0.1) is 0 Å². The smallest absolute Gasteiger partial charge is 0.257 e. The van der Waals surface area contributed by atoms with E-state index in [4.69, 9.17) is 9.94 Å². The maximum absolute atomic E-state index is 12.0. The normalized spacial score (nSPS) is 17.0. The number of thioether (sulfide) groups is 1. The lowest BCUT2D eigenvalue weighted by Crippen LogP contribution is -2.29. The average molecular weight is 308 g/mol. The summed E-state index contributed by atoms with van der Waals surface area (Å²) in [5.74, 6) is 0.0837. The van der Waals surface area contributed by atoms with E-state index < -0.39 is 5.91 Å². The summed E-state index contributed by atoms with van der Waals surface area (Å²) >= 11 is 1.34. The number of rotatable bonds is 5. The van der Waals surface area contributed by atoms with Crippen molar-refractivity contribution < 1.29 is 19.5 Å². The first-order valence-corrected chi connectivity index (χ1v) is 7.24. The van der Waals surface area contributed by atoms with Gasteiger partial charge >= 0.3 is 0 Å². The molecule has 1 aliphatic heterocycles. The van der Waals surface area contributed by atoms with Crippen LogP contribution in [0.25, 0.3) is 0 Å². The van der Waals surface area contributed by atoms with Gasteiger partial charge in [0.1, 0.15) is 5.75 Å². The molecule has 0 spiro atoms. The minimum atomic E-state index is -0.423. The summed E-state index contributed by atoms with van der Waals surface area (Å²) in [5.41, 5.74) is 2.18. The number of allylic oxidation sites excluding steroid dienone is 1. The zero-order chi connectivity index (χ0) is 15.2. The van der Waals surface area contributed by atoms with E-state index in [9.17, 15) is 9.59 Å². The number of ether oxygens (including phenoxy) is 1. The van der Waals surface area contributed by atoms with Crippen LogP contribution in [0.15, 0.2) is 35.2 Å². The van der Waals surface area contributed by atoms with Gasteiger partial charge < -0.3 is 10.1 Å². The fraction of sp³-hybridized carbons (Fsp3) is 0.286. The van der Waals surface area contributed by atoms with Crippen molar-refractivity contribution in [2.24, 2.45) is 0 Å². The molecule has 0 saturated heterocycles. The summed E-state index contributed by atoms with van der Waals surface area (Å²) in [6, 6.07) is 6.82. The van der Waals surface area contributed by atoms with Gasteiger partial charge in [0.05, 0.1) is 12.4 Å². The predicted octanol–water partition coefficient (Wildman–Crippen LogP) is 1.32. The number of nitrogens with one attached hydrogen (secondary N) is 2. The lowest BCUT2D eigenvalue weighted by molar-refractivity contribution is -0.128. The summed E-state index contributed by atoms with van der Waals surface area (Å²) in [6.07, 6.45) is 2.43. The van der Waals surface area contributed by atoms with Crippen LogP contribution in [0.4, 0.5) is 0 Å². The average Bonchev–Trinajstić information content (AvgIpc) is 3.01. The number of hydrogen-bond donors (Lipinski definition) is 3. The van der Waals surface area contributed by atoms with Gasteiger partial charge in [0.25, 0.3) is 11.8 Å². The quantitative estimate of drug-likeness (QED) is 0.564. The maximum atomic E-state index is 12.0. The molecule has 0 bridgehead atoms. The van der Waals surface area contributed by atoms with Crippen molar-refractivity contribution in [3.8, 4) is 5.75 Å². The molecule has 1 heterocycles. The summed E-state index contributed by atoms with van der Waals surface area (Å²) < 4.78 is 5.03. The molecule has 7 heteroatoms. The van der Waals surface area contributed by atoms with Crippen LogP contribution < -0.4 is 15.5 Å². The van der Waals surface area contributed by atoms with Crippen molar-refractivity contribution in [2.45, 2.75) is 11.7 Å². The van der Waals surface area contributed by atoms with Gasteiger partial charge in [-0.05, 0) is 30.7 Å². The Balaban J connectivity index is 1.83. The van der Waals surface area contributed by atoms with Crippen LogP contribution in [-0.2, 0) is 4.79 Å². The molecule has 21 heavy (non-hydrogen) atoms. The van der Waals surface area contributed by atoms with Crippen LogP contribution >= 0.6 is 11.8 Å². The molecule has 6 nitrogen and oxygen atoms in total. The molecule has 0 fully saturated rings. The number of hydrogen-bond acceptors (Lipinski definition) is 5. The third-order valence-electron chi connectivity index (χ3n) is 3.03. The molecular formula is C14H16N2O4S. The van der Waals surface area contributed by atoms with Crippen molar-refractivity contribution in [2.75, 3.05) is 13.7 Å². The van der Waals surface area contributed by atoms with Crippen molar-refractivity contribution in [3.05, 3.63) is 40.8 Å². The maximum Gasteiger partial charge on any atom is 0.257 e. The molecule has 0 aliphatic carbocycles. The van der Waals surface area contributed by atoms with E-state index in [1.165, 1.54) is 11.8 Å². The summed E-state index contributed by atoms with van der Waals surface area (Å²) in [7, 11) is 1.57. The molecule has 1 aliphatic rings. The zero-order valence-corrected chi connectivity index (χ0v) is 12.3. The fourth-order valence-corrected chi connectivity index (χ4v) is 2.94. The highest BCUT2D eigenvalue weighted by molar-refractivity contribution is 8.04. The molecule has 1 unspecified atom stereocenters. The largest absolute Gasteiger partial charge is 0.497 e. The number of hydroxylamine groups is 1. The van der Waals surface area contributed by atoms with Gasteiger partial charge in [-0.2, -0.15) is 0 Å². The molecule has 3 N–H and O–H groups in total. The number of amides is 2. The van der Waals surface area contributed by atoms with Gasteiger partial charge in [-0.25, -0.2) is 5.48 Å². The minimum absolute atomic E-state index is 0.186. The third kappa shape index (κ3) is 3.99. The molecule has 1 aromatic rings. The second-order valence-electron chi connectivity index (χ2n) is 4.40. The van der Waals surface area contributed by atoms with E-state index in [0.29, 0.717) is 24.3 Å². The van der Waals surface area contributed by atoms with Crippen molar-refractivity contribution >= 4 is 23.6 Å². The van der Waals surface area contributed by atoms with Crippen LogP contribution in [-0.4, -0.2) is 35.9 Å². The van der Waals surface area contributed by atoms with E-state index >= 15 is 0 Å². The standard InChI is InChI=1S/C14H16N2O4S/c1-20-10-4-2-9(3-5-10)13(17)15-8-11-6-7-12(21-11)14(18)16-19/h2-6,12,19H,7-8H2,1H3,(H,15,17)(H,16,18). The summed E-state index contributed by atoms with van der Waals surface area (Å²) in [4.78, 5) is 24.1. The first-order valence-electron chi connectivity index (χ1n) is 6.36. The Kier molecular flexibility index (Phi) is 5.24. The molecule has 0 saturated carbocycles. The highest BCUT2D eigenvalue weighted by Gasteiger charge is 2.24. The zero-order valence-electron chi connectivity index (χ0n) is 11.5. The second kappa shape index (κ2) is 7.14. The Morgan fingerprint density at radius 3 is 2.71 bits per heavy atom. The molecule has 1 atom stereocenters. The van der Waals surface area contributed by atoms with Gasteiger partial charge in [0.2, 0.25) is 0 Å². The topological polar surface area (TPSA) is 87.7 Å². The van der Waals surface area contributed by atoms with Gasteiger partial charge in [0, 0.05) is 17.0 Å². The number of methoxy groups -OCH3 is 1. The minimum Gasteiger partial charge on any atom is -0.497 e. The van der Waals surface area contributed by atoms with E-state index in [-0.39, 0.29) is 11.2 Å². The van der Waals surface area contributed by atoms with Crippen LogP contribution in [0.5, 0.6) is 5.75 Å². The lowest BCUT2D eigenvalue weighted by atomic mass is 10.2. The van der Waals surface area contributed by atoms with Gasteiger partial charge in [-0.3, -0.25) is 14.8 Å². The fourth-order valence-electron chi connectivity index (χ4n) is 1.88. The first-order chi connectivity index (χ1) is 10.1. The Hall–Kier alpha value is -1.99. The molecule has 0 radical (unpaired) electrons. The lowest BCUT2D eigenvalue weighted by Gasteiger charge is -2.09. The van der Waals surface area contributed by atoms with Crippen molar-refractivity contribution in [1.29, 1.82) is 0 Å². The Bertz CT molecular complexity index is 557. The van der Waals surface area contributed by atoms with Crippen molar-refractivity contribution in [1.82, 2.24) is 10.8 Å². The predicted molar refractivity (Wildman–Crippen MR) is 79.3 cm³/mol. The van der Waals surface area contributed by atoms with Crippen molar-refractivity contribution in [3.63, 3.8) is 0 Å². The number of carbonyl (C=O) groups excluding carboxylic acids is 2. The van der Waals surface area contributed by atoms with Gasteiger partial charge in [-0.15, -0.1) is 11.8 Å². The molecule has 0 aromatic heterocycles. The number of benzene rings is 1. The molecular weight excluding hydrogens is 292 g/mol. The Morgan fingerprint density at radius 1 is 1.38 bits per heavy atom. The van der Waals surface area contributed by atoms with Crippen LogP contribution in [0.3, 0.4) is 0 Å². The summed E-state index contributed by atoms with van der Waals surface area (Å²) in [6.45, 7) is 0.366. The Labute approximate surface area is 126 Å². The third-order valence-corrected chi connectivity index (χ3v) is 4.34. The molecule has 2 amide bonds. The highest BCUT2D eigenvalue weighted by Crippen LogP contribution is 2.31. The van der Waals surface area contributed by atoms with E-state index in [2.05, 4.69) is 5.32 Å². The van der Waals surface area contributed by atoms with E-state index in [0.717, 1.165) is 4.91 Å². The number of carbonyl (C=O) groups is 2. The van der Waals surface area contributed by atoms with E-state index in [1.54, 1.807) is 36.9 Å². The first kappa shape index (κ1) is 15.4. The molecule has 2 rings (SSSR count). The van der Waals surface area contributed by atoms with Gasteiger partial charge in [0.15, 0.2) is 0 Å². The SMILES string of the molecule is COc1ccc(C(=O)NCC2=CCC(C(=O)NO)S2)cc1. The van der Waals surface area contributed by atoms with Crippen LogP contribution in [0.2, 0.25) is 0 Å². The monoisotopic (exact) mass is 308 g/mol. The van der Waals surface area contributed by atoms with E-state index in [1.807, 2.05) is 6.08 Å².